The van der Waals surface area contributed by atoms with Crippen LogP contribution in [0.4, 0.5) is 5.69 Å². The molecule has 0 aliphatic heterocycles. The second-order valence-corrected chi connectivity index (χ2v) is 4.90. The minimum atomic E-state index is -0.117. The fraction of sp³-hybridized carbons (Fsp3) is 0.273. The van der Waals surface area contributed by atoms with Gasteiger partial charge in [-0.15, -0.1) is 11.3 Å². The van der Waals surface area contributed by atoms with E-state index in [0.29, 0.717) is 10.6 Å². The summed E-state index contributed by atoms with van der Waals surface area (Å²) >= 11 is 1.37. The Morgan fingerprint density at radius 1 is 1.56 bits per heavy atom. The quantitative estimate of drug-likeness (QED) is 0.836. The molecular weight excluding hydrogens is 222 g/mol. The van der Waals surface area contributed by atoms with Gasteiger partial charge in [-0.05, 0) is 19.9 Å². The molecule has 16 heavy (non-hydrogen) atoms. The van der Waals surface area contributed by atoms with Gasteiger partial charge in [-0.1, -0.05) is 0 Å². The Labute approximate surface area is 97.5 Å². The molecule has 5 heteroatoms. The van der Waals surface area contributed by atoms with Crippen LogP contribution in [-0.2, 0) is 0 Å². The normalized spacial score (nSPS) is 10.9. The molecule has 0 aliphatic carbocycles. The number of fused-ring (bicyclic) bond motifs is 1. The van der Waals surface area contributed by atoms with Crippen LogP contribution in [0.15, 0.2) is 18.5 Å². The van der Waals surface area contributed by atoms with Crippen LogP contribution in [0.3, 0.4) is 0 Å². The third-order valence-electron chi connectivity index (χ3n) is 2.16. The van der Waals surface area contributed by atoms with E-state index in [9.17, 15) is 4.79 Å². The van der Waals surface area contributed by atoms with Crippen LogP contribution < -0.4 is 11.1 Å². The third kappa shape index (κ3) is 1.86. The van der Waals surface area contributed by atoms with Crippen molar-refractivity contribution in [3.8, 4) is 0 Å². The first-order valence-electron chi connectivity index (χ1n) is 5.02. The molecule has 0 saturated heterocycles. The average molecular weight is 235 g/mol. The van der Waals surface area contributed by atoms with Gasteiger partial charge in [-0.25, -0.2) is 0 Å². The molecule has 0 fully saturated rings. The van der Waals surface area contributed by atoms with E-state index in [1.54, 1.807) is 12.4 Å². The van der Waals surface area contributed by atoms with Crippen molar-refractivity contribution in [2.24, 2.45) is 0 Å². The number of carbonyl (C=O) groups is 1. The smallest absolute Gasteiger partial charge is 0.263 e. The standard InChI is InChI=1S/C11H13N3OS/c1-6(2)14-11(15)10-9(12)7-3-4-13-5-8(7)16-10/h3-6H,12H2,1-2H3,(H,14,15). The second kappa shape index (κ2) is 4.09. The molecule has 2 aromatic heterocycles. The molecule has 4 nitrogen and oxygen atoms in total. The van der Waals surface area contributed by atoms with Crippen LogP contribution in [0.2, 0.25) is 0 Å². The van der Waals surface area contributed by atoms with Crippen molar-refractivity contribution in [2.75, 3.05) is 5.73 Å². The summed E-state index contributed by atoms with van der Waals surface area (Å²) in [6.45, 7) is 3.84. The number of aromatic nitrogens is 1. The number of anilines is 1. The number of thiophene rings is 1. The molecule has 0 unspecified atom stereocenters. The van der Waals surface area contributed by atoms with Gasteiger partial charge in [0.15, 0.2) is 0 Å². The van der Waals surface area contributed by atoms with E-state index in [-0.39, 0.29) is 11.9 Å². The molecule has 0 saturated carbocycles. The van der Waals surface area contributed by atoms with Gasteiger partial charge in [0.1, 0.15) is 4.88 Å². The number of nitrogens with zero attached hydrogens (tertiary/aromatic N) is 1. The Hall–Kier alpha value is -1.62. The van der Waals surface area contributed by atoms with Gasteiger partial charge in [0, 0.05) is 23.8 Å². The molecule has 0 aliphatic rings. The maximum atomic E-state index is 11.8. The molecule has 0 atom stereocenters. The summed E-state index contributed by atoms with van der Waals surface area (Å²) in [4.78, 5) is 16.4. The fourth-order valence-electron chi connectivity index (χ4n) is 1.47. The lowest BCUT2D eigenvalue weighted by atomic mass is 10.2. The predicted molar refractivity (Wildman–Crippen MR) is 66.6 cm³/mol. The van der Waals surface area contributed by atoms with E-state index in [1.807, 2.05) is 19.9 Å². The highest BCUT2D eigenvalue weighted by atomic mass is 32.1. The van der Waals surface area contributed by atoms with E-state index in [2.05, 4.69) is 10.3 Å². The molecule has 0 bridgehead atoms. The Kier molecular flexibility index (Phi) is 2.78. The molecule has 84 valence electrons. The molecule has 0 aromatic carbocycles. The van der Waals surface area contributed by atoms with Crippen LogP contribution in [0.25, 0.3) is 10.1 Å². The van der Waals surface area contributed by atoms with Crippen molar-refractivity contribution in [3.05, 3.63) is 23.3 Å². The molecule has 2 heterocycles. The molecule has 3 N–H and O–H groups in total. The zero-order chi connectivity index (χ0) is 11.7. The first-order valence-corrected chi connectivity index (χ1v) is 5.84. The number of rotatable bonds is 2. The van der Waals surface area contributed by atoms with E-state index in [0.717, 1.165) is 10.1 Å². The SMILES string of the molecule is CC(C)NC(=O)c1sc2cnccc2c1N. The summed E-state index contributed by atoms with van der Waals surface area (Å²) in [6.07, 6.45) is 3.40. The van der Waals surface area contributed by atoms with Crippen LogP contribution in [0.1, 0.15) is 23.5 Å². The number of hydrogen-bond donors (Lipinski definition) is 2. The number of nitrogens with two attached hydrogens (primary N) is 1. The molecular formula is C11H13N3OS. The van der Waals surface area contributed by atoms with E-state index >= 15 is 0 Å². The van der Waals surface area contributed by atoms with Crippen molar-refractivity contribution in [3.63, 3.8) is 0 Å². The topological polar surface area (TPSA) is 68.0 Å². The lowest BCUT2D eigenvalue weighted by molar-refractivity contribution is 0.0948. The lowest BCUT2D eigenvalue weighted by Gasteiger charge is -2.06. The first kappa shape index (κ1) is 10.9. The van der Waals surface area contributed by atoms with Crippen LogP contribution >= 0.6 is 11.3 Å². The van der Waals surface area contributed by atoms with Gasteiger partial charge in [-0.2, -0.15) is 0 Å². The third-order valence-corrected chi connectivity index (χ3v) is 3.31. The number of amides is 1. The van der Waals surface area contributed by atoms with Gasteiger partial charge in [0.25, 0.3) is 5.91 Å². The molecule has 1 amide bonds. The summed E-state index contributed by atoms with van der Waals surface area (Å²) in [5.41, 5.74) is 6.48. The van der Waals surface area contributed by atoms with Gasteiger partial charge >= 0.3 is 0 Å². The van der Waals surface area contributed by atoms with Crippen molar-refractivity contribution < 1.29 is 4.79 Å². The monoisotopic (exact) mass is 235 g/mol. The van der Waals surface area contributed by atoms with Crippen molar-refractivity contribution >= 4 is 33.0 Å². The Morgan fingerprint density at radius 3 is 2.94 bits per heavy atom. The number of nitrogen functional groups attached to an aromatic ring is 1. The highest BCUT2D eigenvalue weighted by Crippen LogP contribution is 2.32. The lowest BCUT2D eigenvalue weighted by Crippen LogP contribution is -2.29. The van der Waals surface area contributed by atoms with Gasteiger partial charge < -0.3 is 11.1 Å². The number of hydrogen-bond acceptors (Lipinski definition) is 4. The summed E-state index contributed by atoms with van der Waals surface area (Å²) < 4.78 is 0.939. The first-order chi connectivity index (χ1) is 7.59. The number of pyridine rings is 1. The Balaban J connectivity index is 2.45. The summed E-state index contributed by atoms with van der Waals surface area (Å²) in [7, 11) is 0. The summed E-state index contributed by atoms with van der Waals surface area (Å²) in [6, 6.07) is 1.93. The van der Waals surface area contributed by atoms with Gasteiger partial charge in [0.2, 0.25) is 0 Å². The van der Waals surface area contributed by atoms with Crippen LogP contribution in [0.5, 0.6) is 0 Å². The van der Waals surface area contributed by atoms with E-state index < -0.39 is 0 Å². The largest absolute Gasteiger partial charge is 0.397 e. The Morgan fingerprint density at radius 2 is 2.31 bits per heavy atom. The molecule has 0 spiro atoms. The number of nitrogens with one attached hydrogen (secondary N) is 1. The minimum Gasteiger partial charge on any atom is -0.397 e. The second-order valence-electron chi connectivity index (χ2n) is 3.84. The zero-order valence-corrected chi connectivity index (χ0v) is 9.97. The van der Waals surface area contributed by atoms with E-state index in [1.165, 1.54) is 11.3 Å². The highest BCUT2D eigenvalue weighted by Gasteiger charge is 2.16. The summed E-state index contributed by atoms with van der Waals surface area (Å²) in [5, 5.41) is 3.73. The van der Waals surface area contributed by atoms with Crippen molar-refractivity contribution in [1.29, 1.82) is 0 Å². The molecule has 2 aromatic rings. The minimum absolute atomic E-state index is 0.107. The van der Waals surface area contributed by atoms with Crippen LogP contribution in [-0.4, -0.2) is 16.9 Å². The Bertz CT molecular complexity index is 533. The molecule has 2 rings (SSSR count). The summed E-state index contributed by atoms with van der Waals surface area (Å²) in [5.74, 6) is -0.117. The average Bonchev–Trinajstić information content (AvgIpc) is 2.56. The van der Waals surface area contributed by atoms with E-state index in [4.69, 9.17) is 5.73 Å². The van der Waals surface area contributed by atoms with Gasteiger partial charge in [-0.3, -0.25) is 9.78 Å². The van der Waals surface area contributed by atoms with Crippen LogP contribution in [0, 0.1) is 0 Å². The number of carbonyl (C=O) groups excluding carboxylic acids is 1. The van der Waals surface area contributed by atoms with Gasteiger partial charge in [0.05, 0.1) is 10.4 Å². The van der Waals surface area contributed by atoms with Crippen molar-refractivity contribution in [1.82, 2.24) is 10.3 Å². The highest BCUT2D eigenvalue weighted by molar-refractivity contribution is 7.21. The zero-order valence-electron chi connectivity index (χ0n) is 9.15. The predicted octanol–water partition coefficient (Wildman–Crippen LogP) is 2.02. The fourth-order valence-corrected chi connectivity index (χ4v) is 2.46. The molecule has 0 radical (unpaired) electrons. The maximum absolute atomic E-state index is 11.8. The maximum Gasteiger partial charge on any atom is 0.263 e. The van der Waals surface area contributed by atoms with Crippen molar-refractivity contribution in [2.45, 2.75) is 19.9 Å².